The Kier molecular flexibility index (Phi) is 5.88. The molecule has 0 amide bonds. The number of allylic oxidation sites excluding steroid dienone is 1. The number of aliphatic hydroxyl groups excluding tert-OH is 1. The fraction of sp³-hybridized carbons (Fsp3) is 0.500. The maximum atomic E-state index is 12.3. The van der Waals surface area contributed by atoms with Gasteiger partial charge in [-0.2, -0.15) is 0 Å². The second-order valence-corrected chi connectivity index (χ2v) is 7.11. The van der Waals surface area contributed by atoms with E-state index >= 15 is 0 Å². The average Bonchev–Trinajstić information content (AvgIpc) is 2.84. The molecule has 1 aliphatic heterocycles. The monoisotopic (exact) mass is 362 g/mol. The van der Waals surface area contributed by atoms with E-state index in [1.807, 2.05) is 0 Å². The van der Waals surface area contributed by atoms with Crippen molar-refractivity contribution in [2.24, 2.45) is 5.92 Å². The summed E-state index contributed by atoms with van der Waals surface area (Å²) < 4.78 is 11.0. The SMILES string of the molecule is C=C1C(=O)O[C@@H]2/C=C(/C)[C@@H](O)/C=C/[C@](C)(O)C[C@@H](OC(=O)/C(C)=C\C)[C@@H]12. The molecule has 5 atom stereocenters. The fourth-order valence-corrected chi connectivity index (χ4v) is 3.05. The molecule has 1 aliphatic carbocycles. The van der Waals surface area contributed by atoms with Gasteiger partial charge in [-0.1, -0.05) is 24.8 Å². The molecule has 0 aromatic carbocycles. The van der Waals surface area contributed by atoms with Crippen molar-refractivity contribution in [3.8, 4) is 0 Å². The molecule has 0 saturated carbocycles. The van der Waals surface area contributed by atoms with E-state index in [1.165, 1.54) is 12.2 Å². The Bertz CT molecular complexity index is 697. The summed E-state index contributed by atoms with van der Waals surface area (Å²) in [5, 5.41) is 20.9. The first kappa shape index (κ1) is 20.1. The normalized spacial score (nSPS) is 38.7. The van der Waals surface area contributed by atoms with Crippen molar-refractivity contribution in [1.29, 1.82) is 0 Å². The molecule has 2 N–H and O–H groups in total. The minimum absolute atomic E-state index is 0.0304. The summed E-state index contributed by atoms with van der Waals surface area (Å²) in [7, 11) is 0. The first-order chi connectivity index (χ1) is 12.1. The third-order valence-corrected chi connectivity index (χ3v) is 4.82. The second-order valence-electron chi connectivity index (χ2n) is 7.11. The lowest BCUT2D eigenvalue weighted by molar-refractivity contribution is -0.150. The van der Waals surface area contributed by atoms with E-state index in [9.17, 15) is 19.8 Å². The molecule has 6 heteroatoms. The third kappa shape index (κ3) is 4.31. The zero-order valence-electron chi connectivity index (χ0n) is 15.6. The van der Waals surface area contributed by atoms with Crippen LogP contribution in [0.1, 0.15) is 34.1 Å². The van der Waals surface area contributed by atoms with E-state index in [1.54, 1.807) is 39.8 Å². The third-order valence-electron chi connectivity index (χ3n) is 4.82. The van der Waals surface area contributed by atoms with Crippen LogP contribution in [0.5, 0.6) is 0 Å². The van der Waals surface area contributed by atoms with Crippen LogP contribution in [-0.2, 0) is 19.1 Å². The van der Waals surface area contributed by atoms with Gasteiger partial charge in [0.15, 0.2) is 0 Å². The highest BCUT2D eigenvalue weighted by atomic mass is 16.6. The van der Waals surface area contributed by atoms with E-state index in [-0.39, 0.29) is 12.0 Å². The van der Waals surface area contributed by atoms with Gasteiger partial charge in [0.2, 0.25) is 0 Å². The second kappa shape index (κ2) is 7.60. The molecule has 0 bridgehead atoms. The molecular weight excluding hydrogens is 336 g/mol. The molecule has 1 heterocycles. The van der Waals surface area contributed by atoms with Gasteiger partial charge in [0, 0.05) is 17.6 Å². The fourth-order valence-electron chi connectivity index (χ4n) is 3.05. The molecule has 0 aromatic heterocycles. The van der Waals surface area contributed by atoms with Crippen molar-refractivity contribution in [1.82, 2.24) is 0 Å². The number of aliphatic hydroxyl groups is 2. The van der Waals surface area contributed by atoms with Crippen LogP contribution in [0.15, 0.2) is 47.6 Å². The van der Waals surface area contributed by atoms with E-state index in [4.69, 9.17) is 9.47 Å². The Morgan fingerprint density at radius 1 is 1.50 bits per heavy atom. The smallest absolute Gasteiger partial charge is 0.334 e. The van der Waals surface area contributed by atoms with Gasteiger partial charge in [-0.3, -0.25) is 0 Å². The number of fused-ring (bicyclic) bond motifs is 1. The summed E-state index contributed by atoms with van der Waals surface area (Å²) in [4.78, 5) is 24.4. The van der Waals surface area contributed by atoms with Gasteiger partial charge in [-0.25, -0.2) is 9.59 Å². The minimum Gasteiger partial charge on any atom is -0.458 e. The molecule has 0 aromatic rings. The maximum Gasteiger partial charge on any atom is 0.334 e. The number of hydrogen-bond donors (Lipinski definition) is 2. The van der Waals surface area contributed by atoms with Crippen LogP contribution in [0.4, 0.5) is 0 Å². The zero-order chi connectivity index (χ0) is 19.6. The van der Waals surface area contributed by atoms with Gasteiger partial charge in [0.05, 0.1) is 17.6 Å². The van der Waals surface area contributed by atoms with Crippen LogP contribution in [-0.4, -0.2) is 46.1 Å². The summed E-state index contributed by atoms with van der Waals surface area (Å²) in [6, 6.07) is 0. The summed E-state index contributed by atoms with van der Waals surface area (Å²) in [6.07, 6.45) is 3.77. The lowest BCUT2D eigenvalue weighted by Crippen LogP contribution is -2.40. The lowest BCUT2D eigenvalue weighted by atomic mass is 9.82. The summed E-state index contributed by atoms with van der Waals surface area (Å²) in [5.41, 5.74) is -0.188. The number of esters is 2. The van der Waals surface area contributed by atoms with Gasteiger partial charge < -0.3 is 19.7 Å². The van der Waals surface area contributed by atoms with E-state index in [2.05, 4.69) is 6.58 Å². The number of carbonyl (C=O) groups is 2. The van der Waals surface area contributed by atoms with Crippen LogP contribution < -0.4 is 0 Å². The van der Waals surface area contributed by atoms with E-state index in [0.717, 1.165) is 0 Å². The highest BCUT2D eigenvalue weighted by Gasteiger charge is 2.46. The molecule has 0 unspecified atom stereocenters. The van der Waals surface area contributed by atoms with Crippen LogP contribution in [0.25, 0.3) is 0 Å². The largest absolute Gasteiger partial charge is 0.458 e. The number of carbonyl (C=O) groups excluding carboxylic acids is 2. The maximum absolute atomic E-state index is 12.3. The molecule has 1 fully saturated rings. The Labute approximate surface area is 153 Å². The Balaban J connectivity index is 2.48. The molecule has 2 rings (SSSR count). The first-order valence-electron chi connectivity index (χ1n) is 8.57. The van der Waals surface area contributed by atoms with E-state index < -0.39 is 41.8 Å². The number of ether oxygens (including phenoxy) is 2. The minimum atomic E-state index is -1.36. The molecular formula is C20H26O6. The highest BCUT2D eigenvalue weighted by Crippen LogP contribution is 2.37. The van der Waals surface area contributed by atoms with Crippen molar-refractivity contribution in [2.45, 2.75) is 58.0 Å². The topological polar surface area (TPSA) is 93.1 Å². The molecule has 6 nitrogen and oxygen atoms in total. The Morgan fingerprint density at radius 3 is 2.77 bits per heavy atom. The van der Waals surface area contributed by atoms with Crippen molar-refractivity contribution >= 4 is 11.9 Å². The summed E-state index contributed by atoms with van der Waals surface area (Å²) in [6.45, 7) is 10.4. The number of rotatable bonds is 2. The van der Waals surface area contributed by atoms with E-state index in [0.29, 0.717) is 11.1 Å². The number of hydrogen-bond acceptors (Lipinski definition) is 6. The Morgan fingerprint density at radius 2 is 2.15 bits per heavy atom. The predicted molar refractivity (Wildman–Crippen MR) is 96.0 cm³/mol. The molecule has 0 radical (unpaired) electrons. The molecule has 26 heavy (non-hydrogen) atoms. The Hall–Kier alpha value is -2.18. The van der Waals surface area contributed by atoms with Crippen LogP contribution in [0.2, 0.25) is 0 Å². The standard InChI is InChI=1S/C20H26O6/c1-6-11(2)18(22)26-16-10-20(5,24)8-7-14(21)12(3)9-15-17(16)13(4)19(23)25-15/h6-9,14-17,21,24H,4,10H2,1-3,5H3/b8-7+,11-6-,12-9-/t14-,15+,16+,17-,20-/m0/s1. The highest BCUT2D eigenvalue weighted by molar-refractivity contribution is 5.92. The van der Waals surface area contributed by atoms with Gasteiger partial charge in [0.25, 0.3) is 0 Å². The van der Waals surface area contributed by atoms with Crippen LogP contribution in [0, 0.1) is 5.92 Å². The van der Waals surface area contributed by atoms with Crippen molar-refractivity contribution < 1.29 is 29.3 Å². The molecule has 0 spiro atoms. The van der Waals surface area contributed by atoms with Crippen molar-refractivity contribution in [3.05, 3.63) is 47.6 Å². The van der Waals surface area contributed by atoms with Crippen molar-refractivity contribution in [2.75, 3.05) is 0 Å². The molecule has 2 aliphatic rings. The molecule has 1 saturated heterocycles. The summed E-state index contributed by atoms with van der Waals surface area (Å²) >= 11 is 0. The van der Waals surface area contributed by atoms with Crippen LogP contribution >= 0.6 is 0 Å². The quantitative estimate of drug-likeness (QED) is 0.443. The van der Waals surface area contributed by atoms with Crippen LogP contribution in [0.3, 0.4) is 0 Å². The van der Waals surface area contributed by atoms with Gasteiger partial charge >= 0.3 is 11.9 Å². The van der Waals surface area contributed by atoms with Gasteiger partial charge in [-0.15, -0.1) is 0 Å². The summed E-state index contributed by atoms with van der Waals surface area (Å²) in [5.74, 6) is -1.74. The van der Waals surface area contributed by atoms with Gasteiger partial charge in [-0.05, 0) is 39.3 Å². The lowest BCUT2D eigenvalue weighted by Gasteiger charge is -2.32. The predicted octanol–water partition coefficient (Wildman–Crippen LogP) is 1.98. The zero-order valence-corrected chi connectivity index (χ0v) is 15.6. The molecule has 142 valence electrons. The first-order valence-corrected chi connectivity index (χ1v) is 8.57. The van der Waals surface area contributed by atoms with Crippen molar-refractivity contribution in [3.63, 3.8) is 0 Å². The van der Waals surface area contributed by atoms with Gasteiger partial charge in [0.1, 0.15) is 12.2 Å². The average molecular weight is 362 g/mol.